The molecule has 29 heavy (non-hydrogen) atoms. The van der Waals surface area contributed by atoms with E-state index in [9.17, 15) is 0 Å². The molecule has 0 unspecified atom stereocenters. The molecule has 0 atom stereocenters. The number of benzene rings is 1. The van der Waals surface area contributed by atoms with Crippen LogP contribution in [0, 0.1) is 5.92 Å². The van der Waals surface area contributed by atoms with Gasteiger partial charge in [0, 0.05) is 36.8 Å². The first-order valence-corrected chi connectivity index (χ1v) is 9.73. The zero-order valence-electron chi connectivity index (χ0n) is 16.2. The van der Waals surface area contributed by atoms with Crippen molar-refractivity contribution in [1.82, 2.24) is 24.7 Å². The summed E-state index contributed by atoms with van der Waals surface area (Å²) in [5.41, 5.74) is 9.63. The van der Waals surface area contributed by atoms with Crippen molar-refractivity contribution in [2.75, 3.05) is 26.1 Å². The Balaban J connectivity index is 1.61. The Morgan fingerprint density at radius 3 is 2.86 bits per heavy atom. The summed E-state index contributed by atoms with van der Waals surface area (Å²) in [5.74, 6) is 1.55. The minimum Gasteiger partial charge on any atom is -0.481 e. The van der Waals surface area contributed by atoms with Crippen molar-refractivity contribution in [2.24, 2.45) is 5.92 Å². The number of methoxy groups -OCH3 is 1. The van der Waals surface area contributed by atoms with E-state index >= 15 is 0 Å². The van der Waals surface area contributed by atoms with Crippen LogP contribution in [-0.2, 0) is 11.3 Å². The molecule has 4 aromatic rings. The Kier molecular flexibility index (Phi) is 4.48. The molecule has 0 spiro atoms. The lowest BCUT2D eigenvalue weighted by Gasteiger charge is -2.21. The smallest absolute Gasteiger partial charge is 0.213 e. The summed E-state index contributed by atoms with van der Waals surface area (Å²) in [5, 5.41) is 6.70. The lowest BCUT2D eigenvalue weighted by molar-refractivity contribution is 0.0605. The predicted molar refractivity (Wildman–Crippen MR) is 111 cm³/mol. The van der Waals surface area contributed by atoms with Gasteiger partial charge >= 0.3 is 0 Å². The molecular formula is C21H22N6O2. The van der Waals surface area contributed by atoms with Crippen LogP contribution in [-0.4, -0.2) is 45.1 Å². The average Bonchev–Trinajstić information content (AvgIpc) is 3.13. The van der Waals surface area contributed by atoms with Gasteiger partial charge in [0.15, 0.2) is 5.65 Å². The van der Waals surface area contributed by atoms with Crippen LogP contribution in [0.2, 0.25) is 0 Å². The Hall–Kier alpha value is -3.26. The Bertz CT molecular complexity index is 1180. The monoisotopic (exact) mass is 390 g/mol. The van der Waals surface area contributed by atoms with E-state index in [0.29, 0.717) is 17.6 Å². The molecule has 0 radical (unpaired) electrons. The van der Waals surface area contributed by atoms with Crippen LogP contribution in [0.4, 0.5) is 5.82 Å². The summed E-state index contributed by atoms with van der Waals surface area (Å²) in [6.07, 6.45) is 3.56. The molecule has 1 aliphatic heterocycles. The van der Waals surface area contributed by atoms with Gasteiger partial charge in [-0.05, 0) is 37.0 Å². The fraction of sp³-hybridized carbons (Fsp3) is 0.333. The summed E-state index contributed by atoms with van der Waals surface area (Å²) < 4.78 is 12.7. The van der Waals surface area contributed by atoms with Crippen molar-refractivity contribution in [2.45, 2.75) is 19.4 Å². The maximum atomic E-state index is 6.24. The molecule has 4 heterocycles. The van der Waals surface area contributed by atoms with Gasteiger partial charge in [0.1, 0.15) is 17.8 Å². The largest absolute Gasteiger partial charge is 0.481 e. The molecule has 0 saturated carbocycles. The van der Waals surface area contributed by atoms with E-state index < -0.39 is 0 Å². The van der Waals surface area contributed by atoms with Gasteiger partial charge in [0.05, 0.1) is 18.0 Å². The van der Waals surface area contributed by atoms with Crippen LogP contribution in [0.3, 0.4) is 0 Å². The molecule has 2 N–H and O–H groups in total. The van der Waals surface area contributed by atoms with E-state index in [4.69, 9.17) is 20.3 Å². The van der Waals surface area contributed by atoms with E-state index in [1.54, 1.807) is 7.11 Å². The summed E-state index contributed by atoms with van der Waals surface area (Å²) >= 11 is 0. The quantitative estimate of drug-likeness (QED) is 0.571. The number of pyridine rings is 1. The highest BCUT2D eigenvalue weighted by Crippen LogP contribution is 2.33. The van der Waals surface area contributed by atoms with Gasteiger partial charge in [-0.15, -0.1) is 0 Å². The first kappa shape index (κ1) is 17.8. The van der Waals surface area contributed by atoms with E-state index in [1.807, 2.05) is 28.9 Å². The third kappa shape index (κ3) is 3.25. The van der Waals surface area contributed by atoms with Gasteiger partial charge in [-0.3, -0.25) is 0 Å². The highest BCUT2D eigenvalue weighted by Gasteiger charge is 2.21. The molecule has 1 aromatic carbocycles. The second-order valence-corrected chi connectivity index (χ2v) is 7.31. The first-order valence-electron chi connectivity index (χ1n) is 9.73. The lowest BCUT2D eigenvalue weighted by atomic mass is 10.0. The fourth-order valence-electron chi connectivity index (χ4n) is 3.90. The summed E-state index contributed by atoms with van der Waals surface area (Å²) in [6.45, 7) is 2.40. The molecule has 0 aliphatic carbocycles. The zero-order chi connectivity index (χ0) is 19.8. The summed E-state index contributed by atoms with van der Waals surface area (Å²) in [4.78, 5) is 13.2. The minimum atomic E-state index is 0.441. The molecule has 5 rings (SSSR count). The van der Waals surface area contributed by atoms with Gasteiger partial charge in [-0.2, -0.15) is 5.10 Å². The minimum absolute atomic E-state index is 0.441. The van der Waals surface area contributed by atoms with Gasteiger partial charge in [0.2, 0.25) is 5.88 Å². The number of ether oxygens (including phenoxy) is 2. The van der Waals surface area contributed by atoms with Gasteiger partial charge in [0.25, 0.3) is 0 Å². The second kappa shape index (κ2) is 7.29. The standard InChI is InChI=1S/C21H22N6O2/c1-28-17-5-3-14-10-15(2-4-16(14)25-17)19-18-20(22)23-12-24-21(18)27(26-19)11-13-6-8-29-9-7-13/h2-5,10,12-13H,6-9,11H2,1H3,(H2,22,23,24). The zero-order valence-corrected chi connectivity index (χ0v) is 16.2. The molecule has 1 aliphatic rings. The molecule has 8 heteroatoms. The van der Waals surface area contributed by atoms with Crippen molar-refractivity contribution in [3.05, 3.63) is 36.7 Å². The van der Waals surface area contributed by atoms with Gasteiger partial charge in [-0.1, -0.05) is 6.07 Å². The lowest BCUT2D eigenvalue weighted by Crippen LogP contribution is -2.21. The normalized spacial score (nSPS) is 15.2. The molecule has 8 nitrogen and oxygen atoms in total. The number of aromatic nitrogens is 5. The van der Waals surface area contributed by atoms with Crippen molar-refractivity contribution >= 4 is 27.8 Å². The second-order valence-electron chi connectivity index (χ2n) is 7.31. The van der Waals surface area contributed by atoms with E-state index in [1.165, 1.54) is 6.33 Å². The highest BCUT2D eigenvalue weighted by atomic mass is 16.5. The Morgan fingerprint density at radius 2 is 2.03 bits per heavy atom. The predicted octanol–water partition coefficient (Wildman–Crippen LogP) is 3.06. The third-order valence-electron chi connectivity index (χ3n) is 5.48. The van der Waals surface area contributed by atoms with Crippen molar-refractivity contribution in [3.8, 4) is 17.1 Å². The van der Waals surface area contributed by atoms with Crippen LogP contribution >= 0.6 is 0 Å². The molecule has 1 fully saturated rings. The number of hydrogen-bond donors (Lipinski definition) is 1. The third-order valence-corrected chi connectivity index (χ3v) is 5.48. The first-order chi connectivity index (χ1) is 14.2. The van der Waals surface area contributed by atoms with Crippen LogP contribution in [0.15, 0.2) is 36.7 Å². The van der Waals surface area contributed by atoms with Crippen molar-refractivity contribution < 1.29 is 9.47 Å². The number of anilines is 1. The Morgan fingerprint density at radius 1 is 1.17 bits per heavy atom. The summed E-state index contributed by atoms with van der Waals surface area (Å²) in [7, 11) is 1.61. The average molecular weight is 390 g/mol. The molecule has 3 aromatic heterocycles. The SMILES string of the molecule is COc1ccc2cc(-c3nn(CC4CCOCC4)c4ncnc(N)c34)ccc2n1. The number of fused-ring (bicyclic) bond motifs is 2. The van der Waals surface area contributed by atoms with Crippen LogP contribution < -0.4 is 10.5 Å². The maximum Gasteiger partial charge on any atom is 0.213 e. The Labute approximate surface area is 167 Å². The number of nitrogen functional groups attached to an aromatic ring is 1. The van der Waals surface area contributed by atoms with Gasteiger partial charge in [-0.25, -0.2) is 19.6 Å². The maximum absolute atomic E-state index is 6.24. The topological polar surface area (TPSA) is 101 Å². The van der Waals surface area contributed by atoms with Gasteiger partial charge < -0.3 is 15.2 Å². The number of nitrogens with two attached hydrogens (primary N) is 1. The van der Waals surface area contributed by atoms with Crippen LogP contribution in [0.1, 0.15) is 12.8 Å². The van der Waals surface area contributed by atoms with Crippen LogP contribution in [0.5, 0.6) is 5.88 Å². The number of hydrogen-bond acceptors (Lipinski definition) is 7. The van der Waals surface area contributed by atoms with Crippen LogP contribution in [0.25, 0.3) is 33.2 Å². The molecular weight excluding hydrogens is 368 g/mol. The summed E-state index contributed by atoms with van der Waals surface area (Å²) in [6, 6.07) is 9.88. The highest BCUT2D eigenvalue weighted by molar-refractivity contribution is 5.99. The molecule has 0 amide bonds. The van der Waals surface area contributed by atoms with E-state index in [-0.39, 0.29) is 0 Å². The molecule has 1 saturated heterocycles. The van der Waals surface area contributed by atoms with E-state index in [2.05, 4.69) is 21.0 Å². The molecule has 148 valence electrons. The number of nitrogens with zero attached hydrogens (tertiary/aromatic N) is 5. The fourth-order valence-corrected chi connectivity index (χ4v) is 3.90. The van der Waals surface area contributed by atoms with Crippen molar-refractivity contribution in [1.29, 1.82) is 0 Å². The van der Waals surface area contributed by atoms with Crippen molar-refractivity contribution in [3.63, 3.8) is 0 Å². The van der Waals surface area contributed by atoms with E-state index in [0.717, 1.165) is 65.8 Å². The molecule has 0 bridgehead atoms. The number of rotatable bonds is 4.